The van der Waals surface area contributed by atoms with Gasteiger partial charge in [-0.1, -0.05) is 179 Å². The second-order valence-corrected chi connectivity index (χ2v) is 49.0. The lowest BCUT2D eigenvalue weighted by atomic mass is 9.45. The zero-order valence-electron chi connectivity index (χ0n) is 82.7. The van der Waals surface area contributed by atoms with E-state index in [9.17, 15) is 19.2 Å². The molecule has 5 aromatic carbocycles. The number of amides is 4. The van der Waals surface area contributed by atoms with Gasteiger partial charge in [0.15, 0.2) is 22.8 Å². The van der Waals surface area contributed by atoms with Crippen LogP contribution >= 0.6 is 97.1 Å². The molecule has 4 amide bonds. The fourth-order valence-electron chi connectivity index (χ4n) is 27.7. The van der Waals surface area contributed by atoms with Crippen molar-refractivity contribution in [2.24, 2.45) is 92.7 Å². The number of aromatic nitrogens is 8. The van der Waals surface area contributed by atoms with Gasteiger partial charge < -0.3 is 21.3 Å². The lowest BCUT2D eigenvalue weighted by molar-refractivity contribution is -0.103. The molecule has 0 radical (unpaired) electrons. The molecule has 0 spiro atoms. The highest BCUT2D eigenvalue weighted by molar-refractivity contribution is 9.10. The van der Waals surface area contributed by atoms with Crippen LogP contribution in [-0.2, 0) is 71.0 Å². The summed E-state index contributed by atoms with van der Waals surface area (Å²) in [6, 6.07) is 30.7. The van der Waals surface area contributed by atoms with Crippen LogP contribution in [0.3, 0.4) is 0 Å². The minimum absolute atomic E-state index is 0.00701. The number of hydrogen-bond donors (Lipinski definition) is 4. The molecular formula is C114H144BrCl7N12O4. The molecule has 4 aromatic heterocycles. The quantitative estimate of drug-likeness (QED) is 0.0275. The summed E-state index contributed by atoms with van der Waals surface area (Å²) < 4.78 is 9.23. The number of aryl methyl sites for hydroxylation is 8. The maximum atomic E-state index is 13.6. The molecule has 12 saturated carbocycles. The van der Waals surface area contributed by atoms with Crippen LogP contribution in [0.2, 0.25) is 20.1 Å². The van der Waals surface area contributed by atoms with Crippen LogP contribution in [0.25, 0.3) is 50.7 Å². The van der Waals surface area contributed by atoms with Crippen molar-refractivity contribution in [2.75, 3.05) is 43.8 Å². The number of hydrogen-bond acceptors (Lipinski definition) is 8. The molecule has 12 fully saturated rings. The highest BCUT2D eigenvalue weighted by Crippen LogP contribution is 2.65. The van der Waals surface area contributed by atoms with Gasteiger partial charge in [-0.3, -0.25) is 33.2 Å². The number of rotatable bonds is 28. The fraction of sp³-hybridized carbons (Fsp3) is 0.596. The largest absolute Gasteiger partial charge is 0.350 e. The molecule has 4 N–H and O–H groups in total. The Morgan fingerprint density at radius 3 is 1.07 bits per heavy atom. The van der Waals surface area contributed by atoms with Crippen molar-refractivity contribution in [1.82, 2.24) is 60.4 Å². The molecule has 0 saturated heterocycles. The summed E-state index contributed by atoms with van der Waals surface area (Å²) in [6.07, 6.45) is 36.2. The Morgan fingerprint density at radius 2 is 0.688 bits per heavy atom. The third-order valence-electron chi connectivity index (χ3n) is 36.2. The normalized spacial score (nSPS) is 24.3. The first-order valence-electron chi connectivity index (χ1n) is 52.6. The summed E-state index contributed by atoms with van der Waals surface area (Å²) in [4.78, 5) is 54.1. The van der Waals surface area contributed by atoms with Crippen molar-refractivity contribution < 1.29 is 19.2 Å². The van der Waals surface area contributed by atoms with E-state index >= 15 is 0 Å². The molecule has 16 nitrogen and oxygen atoms in total. The van der Waals surface area contributed by atoms with Crippen LogP contribution in [-0.4, -0.2) is 107 Å². The van der Waals surface area contributed by atoms with Crippen LogP contribution < -0.4 is 21.3 Å². The summed E-state index contributed by atoms with van der Waals surface area (Å²) >= 11 is 46.9. The molecule has 16 aliphatic rings. The van der Waals surface area contributed by atoms with Gasteiger partial charge in [0.05, 0.1) is 33.5 Å². The molecule has 8 bridgehead atoms. The van der Waals surface area contributed by atoms with E-state index in [1.54, 1.807) is 12.1 Å². The van der Waals surface area contributed by atoms with Crippen molar-refractivity contribution in [3.63, 3.8) is 0 Å². The Morgan fingerprint density at radius 1 is 0.355 bits per heavy atom. The van der Waals surface area contributed by atoms with Gasteiger partial charge in [-0.2, -0.15) is 20.4 Å². The van der Waals surface area contributed by atoms with E-state index in [0.29, 0.717) is 119 Å². The van der Waals surface area contributed by atoms with E-state index in [-0.39, 0.29) is 23.6 Å². The SMILES string of the molecule is CC1(C)C2CCC(CNC(=O)c3nn(-c4ccc(Cl)cc4Cl)c4c3CCCc3ccc(Cl)cc3-4)C1C2.CC1(C)C2CCC(CNC(=O)c3nn(CCCCCCl)c4c3CCCc3cc(Br)ccc3-4)C1C2.CC1(C)C2CCC(CNC(=O)c3nn(CCCCCCl)c4c3CCCc3cc(Cl)ccc3-4)C1C2.Cc1ccc2c(c1)CCCc1c(C(=O)NCC3CCC4CC3C4(C)C)nn(CCCCCCl)c1-2. The first kappa shape index (κ1) is 101. The summed E-state index contributed by atoms with van der Waals surface area (Å²) in [7, 11) is 0. The molecule has 25 rings (SSSR count). The maximum absolute atomic E-state index is 13.6. The number of carbonyl (C=O) groups is 4. The van der Waals surface area contributed by atoms with Gasteiger partial charge in [0, 0.05) is 128 Å². The van der Waals surface area contributed by atoms with Gasteiger partial charge in [0.2, 0.25) is 0 Å². The smallest absolute Gasteiger partial charge is 0.272 e. The topological polar surface area (TPSA) is 188 Å². The van der Waals surface area contributed by atoms with Crippen LogP contribution in [0.15, 0.2) is 95.5 Å². The Hall–Kier alpha value is -6.67. The number of fused-ring (bicyclic) bond motifs is 20. The van der Waals surface area contributed by atoms with Crippen LogP contribution in [0.5, 0.6) is 0 Å². The molecule has 138 heavy (non-hydrogen) atoms. The van der Waals surface area contributed by atoms with E-state index in [2.05, 4.69) is 168 Å². The van der Waals surface area contributed by atoms with Gasteiger partial charge in [0.1, 0.15) is 0 Å². The van der Waals surface area contributed by atoms with Gasteiger partial charge >= 0.3 is 0 Å². The molecule has 4 heterocycles. The third kappa shape index (κ3) is 20.8. The number of benzene rings is 5. The average molecular weight is 2070 g/mol. The Balaban J connectivity index is 0.000000122. The second kappa shape index (κ2) is 43.3. The average Bonchev–Trinajstić information content (AvgIpc) is 0.984. The highest BCUT2D eigenvalue weighted by atomic mass is 79.9. The van der Waals surface area contributed by atoms with E-state index < -0.39 is 0 Å². The molecule has 0 aliphatic heterocycles. The van der Waals surface area contributed by atoms with Gasteiger partial charge in [-0.25, -0.2) is 4.68 Å². The number of unbranched alkanes of at least 4 members (excludes halogenated alkanes) is 6. The van der Waals surface area contributed by atoms with Crippen LogP contribution in [0.1, 0.15) is 308 Å². The Labute approximate surface area is 862 Å². The van der Waals surface area contributed by atoms with Crippen molar-refractivity contribution in [1.29, 1.82) is 0 Å². The lowest BCUT2D eigenvalue weighted by Crippen LogP contribution is -2.54. The lowest BCUT2D eigenvalue weighted by Gasteiger charge is -2.60. The van der Waals surface area contributed by atoms with E-state index in [4.69, 9.17) is 102 Å². The van der Waals surface area contributed by atoms with Gasteiger partial charge in [-0.05, 0) is 369 Å². The molecule has 9 aromatic rings. The summed E-state index contributed by atoms with van der Waals surface area (Å²) in [5.41, 5.74) is 24.6. The van der Waals surface area contributed by atoms with Crippen molar-refractivity contribution in [3.05, 3.63) is 188 Å². The predicted molar refractivity (Wildman–Crippen MR) is 568 cm³/mol. The maximum Gasteiger partial charge on any atom is 0.272 e. The van der Waals surface area contributed by atoms with Crippen LogP contribution in [0.4, 0.5) is 0 Å². The van der Waals surface area contributed by atoms with Gasteiger partial charge in [-0.15, -0.1) is 34.8 Å². The number of nitrogens with zero attached hydrogens (tertiary/aromatic N) is 8. The minimum Gasteiger partial charge on any atom is -0.350 e. The van der Waals surface area contributed by atoms with Gasteiger partial charge in [0.25, 0.3) is 23.6 Å². The molecule has 740 valence electrons. The molecule has 12 unspecified atom stereocenters. The van der Waals surface area contributed by atoms with E-state index in [0.717, 1.165) is 270 Å². The number of alkyl halides is 3. The van der Waals surface area contributed by atoms with E-state index in [1.165, 1.54) is 127 Å². The zero-order chi connectivity index (χ0) is 96.8. The van der Waals surface area contributed by atoms with Crippen molar-refractivity contribution in [2.45, 2.75) is 294 Å². The Kier molecular flexibility index (Phi) is 31.8. The predicted octanol–water partition coefficient (Wildman–Crippen LogP) is 28.3. The summed E-state index contributed by atoms with van der Waals surface area (Å²) in [6.45, 7) is 26.9. The number of nitrogens with one attached hydrogen (secondary N) is 4. The third-order valence-corrected chi connectivity index (χ3v) is 38.5. The highest BCUT2D eigenvalue weighted by Gasteiger charge is 2.58. The fourth-order valence-corrected chi connectivity index (χ4v) is 29.6. The second-order valence-electron chi connectivity index (χ2n) is 45.2. The molecule has 24 heteroatoms. The minimum atomic E-state index is -0.111. The number of carbonyl (C=O) groups excluding carboxylic acids is 4. The summed E-state index contributed by atoms with van der Waals surface area (Å²) in [5.74, 6) is 10.7. The molecule has 16 aliphatic carbocycles. The van der Waals surface area contributed by atoms with Crippen LogP contribution in [0, 0.1) is 99.6 Å². The molecule has 12 atom stereocenters. The van der Waals surface area contributed by atoms with Crippen molar-refractivity contribution >= 4 is 121 Å². The van der Waals surface area contributed by atoms with Crippen molar-refractivity contribution in [3.8, 4) is 50.7 Å². The van der Waals surface area contributed by atoms with E-state index in [1.807, 2.05) is 28.9 Å². The standard InChI is InChI=1S/C29H30Cl3N3O.C29H40ClN3O.C28H37BrClN3O.C28H37Cl2N3O/c1-29(2)18-8-6-17(23(29)12-18)15-33-28(36)26-21-5-3-4-16-7-9-19(30)13-22(16)27(21)35(34-26)25-11-10-20(31)14-24(25)32;1-19-10-13-23-20(16-19)8-7-9-24-26(32-33(27(23)24)15-6-4-5-14-30)28(34)31-18-21-11-12-22-17-25(21)29(22,2)3;1-28(2)20-10-9-19(24(28)16-20)17-31-27(34)25-23-8-6-7-18-15-21(29)11-12-22(18)26(23)33(32-25)14-5-3-4-13-30;1-28(2)20-10-9-19(24(28)16-20)17-31-27(34)25-23-8-6-7-18-15-21(30)11-12-22(18)26(23)33(32-25)14-5-3-4-13-29/h7,9-11,13-14,17-18,23H,3-6,8,12,15H2,1-2H3,(H,33,36);10,13,16,21-22,25H,4-9,11-12,14-15,17-18H2,1-3H3,(H,31,34);2*11-12,15,19-20,24H,3-10,13-14,16-17H2,1-2H3,(H,31,34). The zero-order valence-corrected chi connectivity index (χ0v) is 89.6. The first-order valence-corrected chi connectivity index (χ1v) is 56.5. The Bertz CT molecular complexity index is 5550. The monoisotopic (exact) mass is 2070 g/mol. The molecular weight excluding hydrogens is 1930 g/mol. The summed E-state index contributed by atoms with van der Waals surface area (Å²) in [5, 5.41) is 35.3. The number of halogens is 8. The first-order chi connectivity index (χ1) is 66.4.